The van der Waals surface area contributed by atoms with Crippen molar-refractivity contribution >= 4 is 22.2 Å². The Hall–Kier alpha value is -2.36. The summed E-state index contributed by atoms with van der Waals surface area (Å²) < 4.78 is 5.54. The zero-order valence-corrected chi connectivity index (χ0v) is 14.4. The molecule has 0 saturated heterocycles. The van der Waals surface area contributed by atoms with Gasteiger partial charge in [0.25, 0.3) is 0 Å². The maximum Gasteiger partial charge on any atom is 0.228 e. The lowest BCUT2D eigenvalue weighted by Crippen LogP contribution is -2.25. The van der Waals surface area contributed by atoms with E-state index >= 15 is 0 Å². The summed E-state index contributed by atoms with van der Waals surface area (Å²) in [5.74, 6) is 0.618. The Labute approximate surface area is 145 Å². The molecule has 0 unspecified atom stereocenters. The molecule has 0 atom stereocenters. The van der Waals surface area contributed by atoms with Crippen LogP contribution in [0.25, 0.3) is 0 Å². The number of rotatable bonds is 5. The molecule has 6 heteroatoms. The van der Waals surface area contributed by atoms with Gasteiger partial charge in [-0.05, 0) is 31.2 Å². The average molecular weight is 341 g/mol. The summed E-state index contributed by atoms with van der Waals surface area (Å²) in [6.45, 7) is 2.09. The van der Waals surface area contributed by atoms with Crippen molar-refractivity contribution in [1.29, 1.82) is 5.26 Å². The summed E-state index contributed by atoms with van der Waals surface area (Å²) in [6, 6.07) is 11.7. The minimum Gasteiger partial charge on any atom is -0.493 e. The molecule has 1 aliphatic heterocycles. The third-order valence-electron chi connectivity index (χ3n) is 3.95. The first-order valence-electron chi connectivity index (χ1n) is 7.88. The van der Waals surface area contributed by atoms with Gasteiger partial charge in [-0.25, -0.2) is 0 Å². The van der Waals surface area contributed by atoms with Crippen LogP contribution in [-0.2, 0) is 17.8 Å². The zero-order chi connectivity index (χ0) is 16.9. The second kappa shape index (κ2) is 7.47. The van der Waals surface area contributed by atoms with Gasteiger partial charge < -0.3 is 15.0 Å². The molecule has 24 heavy (non-hydrogen) atoms. The number of ether oxygens (including phenoxy) is 1. The Balaban J connectivity index is 1.59. The highest BCUT2D eigenvalue weighted by Crippen LogP contribution is 2.36. The van der Waals surface area contributed by atoms with Gasteiger partial charge in [-0.1, -0.05) is 18.2 Å². The van der Waals surface area contributed by atoms with Gasteiger partial charge in [0.2, 0.25) is 5.91 Å². The topological polar surface area (TPSA) is 65.4 Å². The minimum absolute atomic E-state index is 0.130. The van der Waals surface area contributed by atoms with Crippen molar-refractivity contribution in [2.45, 2.75) is 19.4 Å². The van der Waals surface area contributed by atoms with Crippen LogP contribution < -0.4 is 10.1 Å². The lowest BCUT2D eigenvalue weighted by atomic mass is 10.0. The number of nitriles is 1. The highest BCUT2D eigenvalue weighted by atomic mass is 32.1. The van der Waals surface area contributed by atoms with E-state index < -0.39 is 0 Å². The molecular weight excluding hydrogens is 322 g/mol. The molecule has 0 spiro atoms. The monoisotopic (exact) mass is 341 g/mol. The predicted octanol–water partition coefficient (Wildman–Crippen LogP) is 3.02. The number of likely N-dealkylation sites (N-methyl/N-ethyl adjacent to an activating group) is 1. The smallest absolute Gasteiger partial charge is 0.228 e. The molecule has 0 saturated carbocycles. The van der Waals surface area contributed by atoms with Crippen LogP contribution in [-0.4, -0.2) is 31.0 Å². The van der Waals surface area contributed by atoms with Crippen molar-refractivity contribution in [3.8, 4) is 11.8 Å². The van der Waals surface area contributed by atoms with Crippen molar-refractivity contribution in [3.63, 3.8) is 0 Å². The third kappa shape index (κ3) is 3.75. The Morgan fingerprint density at radius 2 is 2.21 bits per heavy atom. The number of amides is 1. The number of carbonyl (C=O) groups excluding carboxylic acids is 1. The molecule has 0 aliphatic carbocycles. The summed E-state index contributed by atoms with van der Waals surface area (Å²) in [5, 5.41) is 13.0. The molecule has 5 nitrogen and oxygen atoms in total. The fraction of sp³-hybridized carbons (Fsp3) is 0.333. The van der Waals surface area contributed by atoms with E-state index in [4.69, 9.17) is 4.74 Å². The lowest BCUT2D eigenvalue weighted by molar-refractivity contribution is -0.116. The Kier molecular flexibility index (Phi) is 5.14. The van der Waals surface area contributed by atoms with Gasteiger partial charge in [0.1, 0.15) is 16.8 Å². The largest absolute Gasteiger partial charge is 0.493 e. The van der Waals surface area contributed by atoms with Gasteiger partial charge in [0.05, 0.1) is 18.6 Å². The first kappa shape index (κ1) is 16.5. The number of thiophene rings is 1. The van der Waals surface area contributed by atoms with Gasteiger partial charge in [0, 0.05) is 18.0 Å². The normalized spacial score (nSPS) is 13.8. The zero-order valence-electron chi connectivity index (χ0n) is 13.5. The Morgan fingerprint density at radius 1 is 1.42 bits per heavy atom. The summed E-state index contributed by atoms with van der Waals surface area (Å²) in [5.41, 5.74) is 1.72. The third-order valence-corrected chi connectivity index (χ3v) is 5.09. The molecule has 1 aliphatic rings. The van der Waals surface area contributed by atoms with Gasteiger partial charge in [0.15, 0.2) is 0 Å². The molecule has 1 amide bonds. The van der Waals surface area contributed by atoms with E-state index in [0.29, 0.717) is 17.2 Å². The van der Waals surface area contributed by atoms with Crippen LogP contribution in [0, 0.1) is 11.3 Å². The molecule has 2 heterocycles. The van der Waals surface area contributed by atoms with Crippen LogP contribution in [0.4, 0.5) is 5.00 Å². The summed E-state index contributed by atoms with van der Waals surface area (Å²) in [6.07, 6.45) is 1.11. The average Bonchev–Trinajstić information content (AvgIpc) is 2.91. The van der Waals surface area contributed by atoms with Crippen LogP contribution in [0.5, 0.6) is 5.75 Å². The number of anilines is 1. The van der Waals surface area contributed by atoms with Crippen molar-refractivity contribution in [2.24, 2.45) is 0 Å². The number of para-hydroxylation sites is 1. The standard InChI is InChI=1S/C18H19N3O2S/c1-21-9-7-14-15(11-19)18(24-16(14)12-21)20-17(22)8-10-23-13-5-3-2-4-6-13/h2-6H,7-10,12H2,1H3,(H,20,22). The number of hydrogen-bond acceptors (Lipinski definition) is 5. The summed E-state index contributed by atoms with van der Waals surface area (Å²) in [7, 11) is 2.06. The first-order valence-corrected chi connectivity index (χ1v) is 8.70. The SMILES string of the molecule is CN1CCc2c(sc(NC(=O)CCOc3ccccc3)c2C#N)C1. The van der Waals surface area contributed by atoms with E-state index in [0.717, 1.165) is 30.8 Å². The second-order valence-corrected chi connectivity index (χ2v) is 6.87. The molecule has 0 radical (unpaired) electrons. The van der Waals surface area contributed by atoms with Crippen molar-refractivity contribution in [3.05, 3.63) is 46.3 Å². The van der Waals surface area contributed by atoms with E-state index in [2.05, 4.69) is 23.3 Å². The van der Waals surface area contributed by atoms with Crippen LogP contribution in [0.15, 0.2) is 30.3 Å². The van der Waals surface area contributed by atoms with E-state index in [1.54, 1.807) is 0 Å². The molecule has 124 valence electrons. The van der Waals surface area contributed by atoms with Crippen LogP contribution in [0.3, 0.4) is 0 Å². The van der Waals surface area contributed by atoms with Crippen LogP contribution in [0.2, 0.25) is 0 Å². The fourth-order valence-electron chi connectivity index (χ4n) is 2.70. The maximum absolute atomic E-state index is 12.1. The number of nitrogens with one attached hydrogen (secondary N) is 1. The minimum atomic E-state index is -0.130. The molecule has 2 aromatic rings. The van der Waals surface area contributed by atoms with Crippen LogP contribution in [0.1, 0.15) is 22.4 Å². The van der Waals surface area contributed by atoms with Crippen LogP contribution >= 0.6 is 11.3 Å². The van der Waals surface area contributed by atoms with Crippen molar-refractivity contribution in [2.75, 3.05) is 25.5 Å². The molecule has 1 N–H and O–H groups in total. The molecule has 3 rings (SSSR count). The quantitative estimate of drug-likeness (QED) is 0.908. The fourth-order valence-corrected chi connectivity index (χ4v) is 4.00. The number of nitrogens with zero attached hydrogens (tertiary/aromatic N) is 2. The predicted molar refractivity (Wildman–Crippen MR) is 94.3 cm³/mol. The van der Waals surface area contributed by atoms with Crippen molar-refractivity contribution in [1.82, 2.24) is 4.90 Å². The van der Waals surface area contributed by atoms with E-state index in [9.17, 15) is 10.1 Å². The molecular formula is C18H19N3O2S. The van der Waals surface area contributed by atoms with Gasteiger partial charge in [-0.3, -0.25) is 4.79 Å². The first-order chi connectivity index (χ1) is 11.7. The Bertz CT molecular complexity index is 765. The number of carbonyl (C=O) groups is 1. The lowest BCUT2D eigenvalue weighted by Gasteiger charge is -2.21. The number of benzene rings is 1. The molecule has 0 fully saturated rings. The second-order valence-electron chi connectivity index (χ2n) is 5.77. The highest BCUT2D eigenvalue weighted by molar-refractivity contribution is 7.16. The van der Waals surface area contributed by atoms with E-state index in [1.165, 1.54) is 16.2 Å². The molecule has 0 bridgehead atoms. The number of fused-ring (bicyclic) bond motifs is 1. The van der Waals surface area contributed by atoms with E-state index in [-0.39, 0.29) is 12.3 Å². The molecule has 1 aromatic carbocycles. The summed E-state index contributed by atoms with van der Waals surface area (Å²) in [4.78, 5) is 15.5. The van der Waals surface area contributed by atoms with Crippen molar-refractivity contribution < 1.29 is 9.53 Å². The summed E-state index contributed by atoms with van der Waals surface area (Å²) >= 11 is 1.51. The van der Waals surface area contributed by atoms with Gasteiger partial charge in [-0.2, -0.15) is 5.26 Å². The highest BCUT2D eigenvalue weighted by Gasteiger charge is 2.23. The van der Waals surface area contributed by atoms with Gasteiger partial charge >= 0.3 is 0 Å². The maximum atomic E-state index is 12.1. The molecule has 1 aromatic heterocycles. The number of hydrogen-bond donors (Lipinski definition) is 1. The van der Waals surface area contributed by atoms with Gasteiger partial charge in [-0.15, -0.1) is 11.3 Å². The Morgan fingerprint density at radius 3 is 2.96 bits per heavy atom. The van der Waals surface area contributed by atoms with E-state index in [1.807, 2.05) is 30.3 Å².